The van der Waals surface area contributed by atoms with E-state index in [9.17, 15) is 37.1 Å². The molecule has 286 valence electrons. The Balaban J connectivity index is 3.30. The summed E-state index contributed by atoms with van der Waals surface area (Å²) in [5.41, 5.74) is 27.2. The summed E-state index contributed by atoms with van der Waals surface area (Å²) >= 11 is 0. The van der Waals surface area contributed by atoms with Crippen molar-refractivity contribution in [2.24, 2.45) is 38.7 Å². The van der Waals surface area contributed by atoms with Crippen molar-refractivity contribution < 1.29 is 37.1 Å². The number of amides is 4. The number of rotatable bonds is 24. The summed E-state index contributed by atoms with van der Waals surface area (Å²) in [5, 5.41) is 9.98. The third-order valence-corrected chi connectivity index (χ3v) is 7.52. The Morgan fingerprint density at radius 3 is 1.53 bits per heavy atom. The van der Waals surface area contributed by atoms with E-state index in [2.05, 4.69) is 31.3 Å². The molecule has 1 aromatic carbocycles. The zero-order chi connectivity index (χ0) is 38.4. The number of nitrogens with zero attached hydrogens (tertiary/aromatic N) is 2. The summed E-state index contributed by atoms with van der Waals surface area (Å²) in [6.07, 6.45) is -3.32. The minimum Gasteiger partial charge on any atom is -0.370 e. The number of benzene rings is 1. The normalized spacial score (nSPS) is 13.4. The third-order valence-electron chi connectivity index (χ3n) is 7.52. The van der Waals surface area contributed by atoms with Crippen molar-refractivity contribution >= 4 is 41.3 Å². The zero-order valence-corrected chi connectivity index (χ0v) is 28.8. The van der Waals surface area contributed by atoms with Crippen molar-refractivity contribution in [2.75, 3.05) is 19.6 Å². The highest BCUT2D eigenvalue weighted by Crippen LogP contribution is 2.20. The first-order valence-corrected chi connectivity index (χ1v) is 16.8. The number of carbonyl (C=O) groups excluding carboxylic acids is 5. The summed E-state index contributed by atoms with van der Waals surface area (Å²) in [6, 6.07) is 2.56. The lowest BCUT2D eigenvalue weighted by Crippen LogP contribution is -2.58. The molecule has 16 nitrogen and oxygen atoms in total. The second-order valence-corrected chi connectivity index (χ2v) is 11.8. The number of carbonyl (C=O) groups is 5. The Kier molecular flexibility index (Phi) is 20.3. The number of nitrogens with two attached hydrogens (primary N) is 5. The first kappa shape index (κ1) is 44.1. The van der Waals surface area contributed by atoms with E-state index >= 15 is 0 Å². The Hall–Kier alpha value is -4.94. The summed E-state index contributed by atoms with van der Waals surface area (Å²) in [7, 11) is 0. The second kappa shape index (κ2) is 23.5. The van der Waals surface area contributed by atoms with Crippen LogP contribution in [0.2, 0.25) is 0 Å². The summed E-state index contributed by atoms with van der Waals surface area (Å²) in [5.74, 6) is -5.78. The Labute approximate surface area is 295 Å². The molecule has 51 heavy (non-hydrogen) atoms. The Morgan fingerprint density at radius 2 is 1.08 bits per heavy atom. The fourth-order valence-electron chi connectivity index (χ4n) is 4.83. The molecule has 1 aromatic rings. The minimum absolute atomic E-state index is 0.0162. The quantitative estimate of drug-likeness (QED) is 0.0384. The lowest BCUT2D eigenvalue weighted by Gasteiger charge is -2.27. The van der Waals surface area contributed by atoms with Crippen molar-refractivity contribution in [3.05, 3.63) is 35.9 Å². The summed E-state index contributed by atoms with van der Waals surface area (Å²) in [6.45, 7) is 2.12. The van der Waals surface area contributed by atoms with Gasteiger partial charge in [0, 0.05) is 18.7 Å². The number of nitrogens with one attached hydrogen (secondary N) is 4. The largest absolute Gasteiger partial charge is 0.452 e. The molecule has 0 aliphatic heterocycles. The van der Waals surface area contributed by atoms with Crippen LogP contribution in [0.3, 0.4) is 0 Å². The molecule has 0 saturated heterocycles. The number of Topliss-reactive ketones (excluding diaryl/α,β-unsaturated/α-hetero) is 1. The highest BCUT2D eigenvalue weighted by Gasteiger charge is 2.44. The monoisotopic (exact) mass is 727 g/mol. The van der Waals surface area contributed by atoms with Gasteiger partial charge in [-0.3, -0.25) is 34.0 Å². The molecule has 0 aromatic heterocycles. The van der Waals surface area contributed by atoms with Gasteiger partial charge < -0.3 is 49.9 Å². The Bertz CT molecular complexity index is 1320. The zero-order valence-electron chi connectivity index (χ0n) is 28.8. The van der Waals surface area contributed by atoms with E-state index in [-0.39, 0.29) is 57.1 Å². The van der Waals surface area contributed by atoms with Crippen LogP contribution in [0.5, 0.6) is 0 Å². The topological polar surface area (TPSA) is 288 Å². The molecule has 0 spiro atoms. The lowest BCUT2D eigenvalue weighted by molar-refractivity contribution is -0.174. The molecule has 4 atom stereocenters. The lowest BCUT2D eigenvalue weighted by atomic mass is 10.0. The average molecular weight is 728 g/mol. The number of hydrogen-bond acceptors (Lipinski definition) is 8. The maximum absolute atomic E-state index is 13.7. The van der Waals surface area contributed by atoms with E-state index in [1.165, 1.54) is 0 Å². The highest BCUT2D eigenvalue weighted by atomic mass is 19.4. The molecule has 1 rings (SSSR count). The number of halogens is 3. The Morgan fingerprint density at radius 1 is 0.647 bits per heavy atom. The molecule has 0 heterocycles. The maximum atomic E-state index is 13.7. The van der Waals surface area contributed by atoms with Gasteiger partial charge in [0.1, 0.15) is 18.1 Å². The van der Waals surface area contributed by atoms with Gasteiger partial charge in [0.15, 0.2) is 11.9 Å². The van der Waals surface area contributed by atoms with Crippen LogP contribution in [0.25, 0.3) is 0 Å². The number of aliphatic imine (C=N–C) groups is 2. The van der Waals surface area contributed by atoms with Gasteiger partial charge in [0.05, 0.1) is 6.04 Å². The van der Waals surface area contributed by atoms with Crippen molar-refractivity contribution in [3.8, 4) is 0 Å². The molecule has 0 bridgehead atoms. The molecule has 14 N–H and O–H groups in total. The van der Waals surface area contributed by atoms with E-state index in [1.54, 1.807) is 30.3 Å². The smallest absolute Gasteiger partial charge is 0.370 e. The molecule has 0 aliphatic rings. The van der Waals surface area contributed by atoms with Gasteiger partial charge in [-0.25, -0.2) is 0 Å². The van der Waals surface area contributed by atoms with Gasteiger partial charge in [0.2, 0.25) is 17.7 Å². The molecular weight excluding hydrogens is 675 g/mol. The molecule has 0 aliphatic carbocycles. The first-order chi connectivity index (χ1) is 24.1. The van der Waals surface area contributed by atoms with Crippen LogP contribution in [0.15, 0.2) is 40.3 Å². The van der Waals surface area contributed by atoms with E-state index < -0.39 is 66.2 Å². The van der Waals surface area contributed by atoms with Crippen molar-refractivity contribution in [1.82, 2.24) is 21.3 Å². The third kappa shape index (κ3) is 18.0. The van der Waals surface area contributed by atoms with Crippen LogP contribution in [-0.2, 0) is 19.2 Å². The first-order valence-electron chi connectivity index (χ1n) is 16.8. The second-order valence-electron chi connectivity index (χ2n) is 11.8. The average Bonchev–Trinajstić information content (AvgIpc) is 3.07. The van der Waals surface area contributed by atoms with E-state index in [0.29, 0.717) is 37.8 Å². The number of guanidine groups is 2. The molecule has 0 saturated carbocycles. The van der Waals surface area contributed by atoms with Gasteiger partial charge in [-0.15, -0.1) is 0 Å². The number of hydrogen-bond donors (Lipinski definition) is 9. The molecular formula is C32H52F3N11O5. The maximum Gasteiger partial charge on any atom is 0.452 e. The number of alkyl halides is 3. The van der Waals surface area contributed by atoms with Crippen molar-refractivity contribution in [2.45, 2.75) is 101 Å². The van der Waals surface area contributed by atoms with E-state index in [4.69, 9.17) is 28.7 Å². The fraction of sp³-hybridized carbons (Fsp3) is 0.594. The van der Waals surface area contributed by atoms with E-state index in [1.807, 2.05) is 6.92 Å². The number of ketones is 1. The van der Waals surface area contributed by atoms with Crippen molar-refractivity contribution in [1.29, 1.82) is 0 Å². The van der Waals surface area contributed by atoms with Crippen LogP contribution in [0, 0.1) is 0 Å². The predicted octanol–water partition coefficient (Wildman–Crippen LogP) is -0.203. The van der Waals surface area contributed by atoms with Crippen molar-refractivity contribution in [3.63, 3.8) is 0 Å². The van der Waals surface area contributed by atoms with Gasteiger partial charge in [0.25, 0.3) is 11.7 Å². The van der Waals surface area contributed by atoms with Crippen LogP contribution < -0.4 is 49.9 Å². The molecule has 4 amide bonds. The molecule has 19 heteroatoms. The van der Waals surface area contributed by atoms with Crippen LogP contribution in [-0.4, -0.2) is 91.3 Å². The fourth-order valence-corrected chi connectivity index (χ4v) is 4.83. The van der Waals surface area contributed by atoms with Crippen LogP contribution >= 0.6 is 0 Å². The number of unbranched alkanes of at least 4 members (excludes halogenated alkanes) is 2. The van der Waals surface area contributed by atoms with Crippen LogP contribution in [0.1, 0.15) is 81.5 Å². The van der Waals surface area contributed by atoms with Crippen LogP contribution in [0.4, 0.5) is 13.2 Å². The van der Waals surface area contributed by atoms with Gasteiger partial charge in [-0.05, 0) is 70.0 Å². The predicted molar refractivity (Wildman–Crippen MR) is 187 cm³/mol. The standard InChI is InChI=1S/C32H52F3N11O5/c1-2-3-13-22(44-26(48)20-11-5-4-6-12-20)28(50)45-23(14-7-8-17-36)29(51)46-24(16-10-19-42-31(39)40)27(49)43-21(25(47)32(33,34)35)15-9-18-41-30(37)38/h4-6,11-12,21-24H,2-3,7-10,13-19,36H2,1H3,(H,43,49)(H,44,48)(H,45,50)(H,46,51)(H4,37,38,41)(H4,39,40,42)/t21-,22-,23-,24-/m0/s1. The summed E-state index contributed by atoms with van der Waals surface area (Å²) < 4.78 is 40.4. The molecule has 0 fully saturated rings. The van der Waals surface area contributed by atoms with Gasteiger partial charge in [-0.2, -0.15) is 13.2 Å². The van der Waals surface area contributed by atoms with Gasteiger partial charge in [-0.1, -0.05) is 38.0 Å². The highest BCUT2D eigenvalue weighted by molar-refractivity contribution is 5.99. The molecule has 0 radical (unpaired) electrons. The summed E-state index contributed by atoms with van der Waals surface area (Å²) in [4.78, 5) is 73.3. The SMILES string of the molecule is CCCC[C@H](NC(=O)c1ccccc1)C(=O)N[C@@H](CCCCN)C(=O)N[C@@H](CCCN=C(N)N)C(=O)N[C@@H](CCCN=C(N)N)C(=O)C(F)(F)F. The minimum atomic E-state index is -5.27. The van der Waals surface area contributed by atoms with E-state index in [0.717, 1.165) is 0 Å². The van der Waals surface area contributed by atoms with Gasteiger partial charge >= 0.3 is 6.18 Å². The molecule has 0 unspecified atom stereocenters.